The lowest BCUT2D eigenvalue weighted by Gasteiger charge is -2.11. The minimum Gasteiger partial charge on any atom is -0.395 e. The molecule has 1 rings (SSSR count). The van der Waals surface area contributed by atoms with Gasteiger partial charge in [-0.2, -0.15) is 0 Å². The maximum atomic E-state index is 11.5. The SMILES string of the molecule is CC(CO)S(=O)(=O)NCCc1nccn1C. The number of aromatic nitrogens is 2. The zero-order chi connectivity index (χ0) is 12.2. The van der Waals surface area contributed by atoms with Crippen LogP contribution in [0.3, 0.4) is 0 Å². The summed E-state index contributed by atoms with van der Waals surface area (Å²) in [6, 6.07) is 0. The Labute approximate surface area is 95.4 Å². The van der Waals surface area contributed by atoms with E-state index < -0.39 is 15.3 Å². The van der Waals surface area contributed by atoms with Gasteiger partial charge in [0.05, 0.1) is 11.9 Å². The summed E-state index contributed by atoms with van der Waals surface area (Å²) in [7, 11) is -1.56. The first-order chi connectivity index (χ1) is 7.47. The topological polar surface area (TPSA) is 84.2 Å². The summed E-state index contributed by atoms with van der Waals surface area (Å²) in [6.45, 7) is 1.37. The average molecular weight is 247 g/mol. The Kier molecular flexibility index (Phi) is 4.45. The smallest absolute Gasteiger partial charge is 0.216 e. The molecule has 0 aliphatic heterocycles. The number of nitrogens with one attached hydrogen (secondary N) is 1. The van der Waals surface area contributed by atoms with E-state index in [9.17, 15) is 8.42 Å². The van der Waals surface area contributed by atoms with Gasteiger partial charge in [-0.25, -0.2) is 18.1 Å². The quantitative estimate of drug-likeness (QED) is 0.693. The molecule has 0 saturated carbocycles. The van der Waals surface area contributed by atoms with E-state index in [1.54, 1.807) is 12.4 Å². The first kappa shape index (κ1) is 13.1. The van der Waals surface area contributed by atoms with E-state index in [2.05, 4.69) is 9.71 Å². The molecule has 0 aromatic carbocycles. The third-order valence-corrected chi connectivity index (χ3v) is 4.17. The fourth-order valence-corrected chi connectivity index (χ4v) is 2.05. The number of aliphatic hydroxyl groups excluding tert-OH is 1. The standard InChI is InChI=1S/C9H17N3O3S/c1-8(7-13)16(14,15)11-4-3-9-10-5-6-12(9)2/h5-6,8,11,13H,3-4,7H2,1-2H3. The third-order valence-electron chi connectivity index (χ3n) is 2.36. The minimum absolute atomic E-state index is 0.289. The second kappa shape index (κ2) is 5.42. The van der Waals surface area contributed by atoms with Gasteiger partial charge in [0, 0.05) is 32.4 Å². The molecule has 7 heteroatoms. The number of aliphatic hydroxyl groups is 1. The summed E-state index contributed by atoms with van der Waals surface area (Å²) in [6.07, 6.45) is 4.00. The summed E-state index contributed by atoms with van der Waals surface area (Å²) in [5.74, 6) is 0.819. The summed E-state index contributed by atoms with van der Waals surface area (Å²) < 4.78 is 27.2. The predicted molar refractivity (Wildman–Crippen MR) is 60.4 cm³/mol. The van der Waals surface area contributed by atoms with Crippen LogP contribution in [0, 0.1) is 0 Å². The van der Waals surface area contributed by atoms with E-state index in [0.29, 0.717) is 6.42 Å². The number of hydrogen-bond acceptors (Lipinski definition) is 4. The second-order valence-electron chi connectivity index (χ2n) is 3.64. The van der Waals surface area contributed by atoms with Crippen LogP contribution in [-0.2, 0) is 23.5 Å². The van der Waals surface area contributed by atoms with Crippen LogP contribution in [0.2, 0.25) is 0 Å². The molecule has 0 fully saturated rings. The van der Waals surface area contributed by atoms with Gasteiger partial charge in [-0.15, -0.1) is 0 Å². The Bertz CT molecular complexity index is 427. The molecule has 0 amide bonds. The van der Waals surface area contributed by atoms with Crippen molar-refractivity contribution in [3.05, 3.63) is 18.2 Å². The molecule has 0 aliphatic carbocycles. The summed E-state index contributed by atoms with van der Waals surface area (Å²) in [4.78, 5) is 4.08. The number of rotatable bonds is 6. The van der Waals surface area contributed by atoms with E-state index in [4.69, 9.17) is 5.11 Å². The van der Waals surface area contributed by atoms with Gasteiger partial charge >= 0.3 is 0 Å². The van der Waals surface area contributed by atoms with Crippen LogP contribution < -0.4 is 4.72 Å². The molecule has 92 valence electrons. The summed E-state index contributed by atoms with van der Waals surface area (Å²) >= 11 is 0. The zero-order valence-electron chi connectivity index (χ0n) is 9.42. The van der Waals surface area contributed by atoms with Crippen molar-refractivity contribution in [1.82, 2.24) is 14.3 Å². The summed E-state index contributed by atoms with van der Waals surface area (Å²) in [5, 5.41) is 7.98. The molecule has 1 unspecified atom stereocenters. The highest BCUT2D eigenvalue weighted by atomic mass is 32.2. The summed E-state index contributed by atoms with van der Waals surface area (Å²) in [5.41, 5.74) is 0. The highest BCUT2D eigenvalue weighted by molar-refractivity contribution is 7.90. The van der Waals surface area contributed by atoms with Crippen LogP contribution in [-0.4, -0.2) is 41.5 Å². The Morgan fingerprint density at radius 2 is 2.31 bits per heavy atom. The van der Waals surface area contributed by atoms with Gasteiger partial charge < -0.3 is 9.67 Å². The molecule has 16 heavy (non-hydrogen) atoms. The van der Waals surface area contributed by atoms with E-state index in [-0.39, 0.29) is 13.2 Å². The monoisotopic (exact) mass is 247 g/mol. The van der Waals surface area contributed by atoms with Crippen LogP contribution in [0.4, 0.5) is 0 Å². The lowest BCUT2D eigenvalue weighted by Crippen LogP contribution is -2.36. The van der Waals surface area contributed by atoms with Crippen molar-refractivity contribution in [2.75, 3.05) is 13.2 Å². The molecule has 0 saturated heterocycles. The van der Waals surface area contributed by atoms with Crippen molar-refractivity contribution in [1.29, 1.82) is 0 Å². The van der Waals surface area contributed by atoms with Crippen LogP contribution in [0.1, 0.15) is 12.7 Å². The van der Waals surface area contributed by atoms with Gasteiger partial charge in [0.25, 0.3) is 0 Å². The third kappa shape index (κ3) is 3.29. The van der Waals surface area contributed by atoms with Crippen molar-refractivity contribution >= 4 is 10.0 Å². The maximum Gasteiger partial charge on any atom is 0.216 e. The number of nitrogens with zero attached hydrogens (tertiary/aromatic N) is 2. The molecule has 1 aromatic heterocycles. The van der Waals surface area contributed by atoms with Gasteiger partial charge in [-0.05, 0) is 6.92 Å². The Hall–Kier alpha value is -0.920. The van der Waals surface area contributed by atoms with E-state index >= 15 is 0 Å². The fraction of sp³-hybridized carbons (Fsp3) is 0.667. The van der Waals surface area contributed by atoms with Gasteiger partial charge in [0.15, 0.2) is 0 Å². The lowest BCUT2D eigenvalue weighted by atomic mass is 10.4. The van der Waals surface area contributed by atoms with E-state index in [1.165, 1.54) is 6.92 Å². The molecule has 0 aliphatic rings. The number of aryl methyl sites for hydroxylation is 1. The van der Waals surface area contributed by atoms with Crippen LogP contribution in [0.25, 0.3) is 0 Å². The fourth-order valence-electron chi connectivity index (χ4n) is 1.18. The lowest BCUT2D eigenvalue weighted by molar-refractivity contribution is 0.295. The molecule has 6 nitrogen and oxygen atoms in total. The highest BCUT2D eigenvalue weighted by Gasteiger charge is 2.18. The molecular formula is C9H17N3O3S. The number of sulfonamides is 1. The van der Waals surface area contributed by atoms with Crippen molar-refractivity contribution in [2.24, 2.45) is 7.05 Å². The van der Waals surface area contributed by atoms with Crippen molar-refractivity contribution < 1.29 is 13.5 Å². The van der Waals surface area contributed by atoms with Crippen molar-refractivity contribution in [2.45, 2.75) is 18.6 Å². The molecule has 1 aromatic rings. The first-order valence-corrected chi connectivity index (χ1v) is 6.57. The molecule has 0 spiro atoms. The normalized spacial score (nSPS) is 13.9. The first-order valence-electron chi connectivity index (χ1n) is 5.03. The number of hydrogen-bond donors (Lipinski definition) is 2. The highest BCUT2D eigenvalue weighted by Crippen LogP contribution is 1.98. The zero-order valence-corrected chi connectivity index (χ0v) is 10.2. The Morgan fingerprint density at radius 1 is 1.62 bits per heavy atom. The molecule has 0 radical (unpaired) electrons. The predicted octanol–water partition coefficient (Wildman–Crippen LogP) is -0.737. The Balaban J connectivity index is 2.45. The molecule has 2 N–H and O–H groups in total. The van der Waals surface area contributed by atoms with E-state index in [0.717, 1.165) is 5.82 Å². The minimum atomic E-state index is -3.41. The van der Waals surface area contributed by atoms with Crippen LogP contribution in [0.15, 0.2) is 12.4 Å². The number of imidazole rings is 1. The van der Waals surface area contributed by atoms with Crippen molar-refractivity contribution in [3.63, 3.8) is 0 Å². The van der Waals surface area contributed by atoms with Gasteiger partial charge in [0.2, 0.25) is 10.0 Å². The molecule has 1 atom stereocenters. The second-order valence-corrected chi connectivity index (χ2v) is 5.82. The van der Waals surface area contributed by atoms with Gasteiger partial charge in [0.1, 0.15) is 5.82 Å². The average Bonchev–Trinajstić information content (AvgIpc) is 2.63. The van der Waals surface area contributed by atoms with Crippen LogP contribution >= 0.6 is 0 Å². The largest absolute Gasteiger partial charge is 0.395 e. The Morgan fingerprint density at radius 3 is 2.81 bits per heavy atom. The van der Waals surface area contributed by atoms with E-state index in [1.807, 2.05) is 11.6 Å². The maximum absolute atomic E-state index is 11.5. The molecule has 0 bridgehead atoms. The van der Waals surface area contributed by atoms with Crippen LogP contribution in [0.5, 0.6) is 0 Å². The molecular weight excluding hydrogens is 230 g/mol. The van der Waals surface area contributed by atoms with Gasteiger partial charge in [-0.1, -0.05) is 0 Å². The van der Waals surface area contributed by atoms with Gasteiger partial charge in [-0.3, -0.25) is 0 Å². The molecule has 1 heterocycles. The van der Waals surface area contributed by atoms with Crippen molar-refractivity contribution in [3.8, 4) is 0 Å².